The van der Waals surface area contributed by atoms with E-state index in [4.69, 9.17) is 9.47 Å². The standard InChI is InChI=1S/C13H16F2O3/c1-2-6-17-7-8-18-9-12(16)13-10(14)4-3-5-11(13)15/h3-5H,2,6-9H2,1H3. The summed E-state index contributed by atoms with van der Waals surface area (Å²) in [4.78, 5) is 11.5. The Kier molecular flexibility index (Phi) is 6.46. The van der Waals surface area contributed by atoms with Crippen LogP contribution in [0.2, 0.25) is 0 Å². The van der Waals surface area contributed by atoms with E-state index in [1.165, 1.54) is 6.07 Å². The van der Waals surface area contributed by atoms with Crippen molar-refractivity contribution in [2.45, 2.75) is 13.3 Å². The lowest BCUT2D eigenvalue weighted by Gasteiger charge is -2.06. The van der Waals surface area contributed by atoms with Gasteiger partial charge in [-0.1, -0.05) is 13.0 Å². The Morgan fingerprint density at radius 2 is 1.72 bits per heavy atom. The maximum Gasteiger partial charge on any atom is 0.194 e. The lowest BCUT2D eigenvalue weighted by atomic mass is 10.1. The summed E-state index contributed by atoms with van der Waals surface area (Å²) in [5, 5.41) is 0. The number of rotatable bonds is 8. The van der Waals surface area contributed by atoms with E-state index in [1.807, 2.05) is 6.92 Å². The highest BCUT2D eigenvalue weighted by Gasteiger charge is 2.16. The van der Waals surface area contributed by atoms with Crippen LogP contribution in [0.4, 0.5) is 8.78 Å². The molecule has 0 aliphatic carbocycles. The number of Topliss-reactive ketones (excluding diaryl/α,β-unsaturated/α-hetero) is 1. The molecule has 0 aliphatic heterocycles. The maximum atomic E-state index is 13.2. The fourth-order valence-corrected chi connectivity index (χ4v) is 1.37. The number of benzene rings is 1. The van der Waals surface area contributed by atoms with Crippen molar-refractivity contribution in [3.63, 3.8) is 0 Å². The molecular weight excluding hydrogens is 242 g/mol. The fourth-order valence-electron chi connectivity index (χ4n) is 1.37. The molecular formula is C13H16F2O3. The van der Waals surface area contributed by atoms with Crippen LogP contribution in [-0.4, -0.2) is 32.2 Å². The first-order valence-corrected chi connectivity index (χ1v) is 5.79. The van der Waals surface area contributed by atoms with Gasteiger partial charge in [0.25, 0.3) is 0 Å². The molecule has 1 rings (SSSR count). The zero-order chi connectivity index (χ0) is 13.4. The van der Waals surface area contributed by atoms with E-state index in [0.29, 0.717) is 13.2 Å². The fraction of sp³-hybridized carbons (Fsp3) is 0.462. The van der Waals surface area contributed by atoms with Crippen LogP contribution in [0, 0.1) is 11.6 Å². The smallest absolute Gasteiger partial charge is 0.194 e. The maximum absolute atomic E-state index is 13.2. The minimum Gasteiger partial charge on any atom is -0.379 e. The van der Waals surface area contributed by atoms with Gasteiger partial charge in [0.2, 0.25) is 0 Å². The molecule has 0 fully saturated rings. The molecule has 0 spiro atoms. The van der Waals surface area contributed by atoms with E-state index >= 15 is 0 Å². The van der Waals surface area contributed by atoms with Gasteiger partial charge in [0.1, 0.15) is 18.2 Å². The van der Waals surface area contributed by atoms with Crippen LogP contribution in [0.1, 0.15) is 23.7 Å². The predicted octanol–water partition coefficient (Wildman–Crippen LogP) is 2.59. The van der Waals surface area contributed by atoms with Crippen LogP contribution in [0.3, 0.4) is 0 Å². The largest absolute Gasteiger partial charge is 0.379 e. The molecule has 3 nitrogen and oxygen atoms in total. The summed E-state index contributed by atoms with van der Waals surface area (Å²) in [5.41, 5.74) is -0.549. The molecule has 18 heavy (non-hydrogen) atoms. The number of ether oxygens (including phenoxy) is 2. The highest BCUT2D eigenvalue weighted by Crippen LogP contribution is 2.12. The lowest BCUT2D eigenvalue weighted by molar-refractivity contribution is 0.0438. The van der Waals surface area contributed by atoms with Crippen molar-refractivity contribution < 1.29 is 23.0 Å². The molecule has 100 valence electrons. The zero-order valence-corrected chi connectivity index (χ0v) is 10.2. The van der Waals surface area contributed by atoms with Crippen LogP contribution in [0.25, 0.3) is 0 Å². The van der Waals surface area contributed by atoms with Crippen molar-refractivity contribution in [3.8, 4) is 0 Å². The monoisotopic (exact) mass is 258 g/mol. The van der Waals surface area contributed by atoms with Gasteiger partial charge in [-0.3, -0.25) is 4.79 Å². The van der Waals surface area contributed by atoms with Crippen LogP contribution >= 0.6 is 0 Å². The summed E-state index contributed by atoms with van der Waals surface area (Å²) < 4.78 is 36.6. The summed E-state index contributed by atoms with van der Waals surface area (Å²) in [5.74, 6) is -2.45. The second-order valence-corrected chi connectivity index (χ2v) is 3.68. The summed E-state index contributed by atoms with van der Waals surface area (Å²) in [6.07, 6.45) is 0.902. The Bertz CT molecular complexity index is 374. The van der Waals surface area contributed by atoms with E-state index in [0.717, 1.165) is 18.6 Å². The number of hydrogen-bond acceptors (Lipinski definition) is 3. The van der Waals surface area contributed by atoms with Gasteiger partial charge in [-0.2, -0.15) is 0 Å². The van der Waals surface area contributed by atoms with Gasteiger partial charge in [0.15, 0.2) is 5.78 Å². The van der Waals surface area contributed by atoms with E-state index in [-0.39, 0.29) is 13.2 Å². The van der Waals surface area contributed by atoms with Gasteiger partial charge in [-0.05, 0) is 18.6 Å². The van der Waals surface area contributed by atoms with Gasteiger partial charge in [0.05, 0.1) is 18.8 Å². The summed E-state index contributed by atoms with van der Waals surface area (Å²) in [6, 6.07) is 3.29. The highest BCUT2D eigenvalue weighted by atomic mass is 19.1. The molecule has 0 amide bonds. The van der Waals surface area contributed by atoms with Gasteiger partial charge >= 0.3 is 0 Å². The molecule has 0 saturated carbocycles. The summed E-state index contributed by atoms with van der Waals surface area (Å²) >= 11 is 0. The minimum atomic E-state index is -0.870. The van der Waals surface area contributed by atoms with Crippen LogP contribution in [0.5, 0.6) is 0 Å². The van der Waals surface area contributed by atoms with Crippen molar-refractivity contribution in [2.75, 3.05) is 26.4 Å². The van der Waals surface area contributed by atoms with Crippen molar-refractivity contribution in [3.05, 3.63) is 35.4 Å². The van der Waals surface area contributed by atoms with Crippen molar-refractivity contribution >= 4 is 5.78 Å². The SMILES string of the molecule is CCCOCCOCC(=O)c1c(F)cccc1F. The second kappa shape index (κ2) is 7.89. The third kappa shape index (κ3) is 4.50. The van der Waals surface area contributed by atoms with Crippen molar-refractivity contribution in [1.82, 2.24) is 0 Å². The Morgan fingerprint density at radius 3 is 2.33 bits per heavy atom. The number of carbonyl (C=O) groups is 1. The summed E-state index contributed by atoms with van der Waals surface area (Å²) in [6.45, 7) is 2.83. The second-order valence-electron chi connectivity index (χ2n) is 3.68. The first-order chi connectivity index (χ1) is 8.66. The quantitative estimate of drug-likeness (QED) is 0.531. The van der Waals surface area contributed by atoms with Gasteiger partial charge in [-0.25, -0.2) is 8.78 Å². The number of ketones is 1. The molecule has 0 aromatic heterocycles. The van der Waals surface area contributed by atoms with Crippen molar-refractivity contribution in [1.29, 1.82) is 0 Å². The topological polar surface area (TPSA) is 35.5 Å². The van der Waals surface area contributed by atoms with Gasteiger partial charge < -0.3 is 9.47 Å². The van der Waals surface area contributed by atoms with E-state index in [1.54, 1.807) is 0 Å². The predicted molar refractivity (Wildman–Crippen MR) is 62.6 cm³/mol. The molecule has 0 radical (unpaired) electrons. The Balaban J connectivity index is 2.37. The normalized spacial score (nSPS) is 10.6. The third-order valence-electron chi connectivity index (χ3n) is 2.20. The molecule has 1 aromatic carbocycles. The van der Waals surface area contributed by atoms with Gasteiger partial charge in [0, 0.05) is 6.61 Å². The lowest BCUT2D eigenvalue weighted by Crippen LogP contribution is -2.15. The highest BCUT2D eigenvalue weighted by molar-refractivity contribution is 5.97. The molecule has 5 heteroatoms. The molecule has 0 unspecified atom stereocenters. The molecule has 0 bridgehead atoms. The number of hydrogen-bond donors (Lipinski definition) is 0. The average Bonchev–Trinajstić information content (AvgIpc) is 2.33. The number of carbonyl (C=O) groups excluding carboxylic acids is 1. The third-order valence-corrected chi connectivity index (χ3v) is 2.20. The van der Waals surface area contributed by atoms with E-state index < -0.39 is 23.0 Å². The molecule has 0 N–H and O–H groups in total. The summed E-state index contributed by atoms with van der Waals surface area (Å²) in [7, 11) is 0. The number of halogens is 2. The molecule has 1 aromatic rings. The molecule has 0 aliphatic rings. The first kappa shape index (κ1) is 14.7. The Morgan fingerprint density at radius 1 is 1.11 bits per heavy atom. The Labute approximate surface area is 105 Å². The molecule has 0 atom stereocenters. The van der Waals surface area contributed by atoms with E-state index in [2.05, 4.69) is 0 Å². The Hall–Kier alpha value is -1.33. The van der Waals surface area contributed by atoms with Crippen LogP contribution in [-0.2, 0) is 9.47 Å². The molecule has 0 saturated heterocycles. The first-order valence-electron chi connectivity index (χ1n) is 5.79. The van der Waals surface area contributed by atoms with Crippen molar-refractivity contribution in [2.24, 2.45) is 0 Å². The average molecular weight is 258 g/mol. The molecule has 0 heterocycles. The van der Waals surface area contributed by atoms with Gasteiger partial charge in [-0.15, -0.1) is 0 Å². The zero-order valence-electron chi connectivity index (χ0n) is 10.2. The minimum absolute atomic E-state index is 0.224. The van der Waals surface area contributed by atoms with Crippen LogP contribution in [0.15, 0.2) is 18.2 Å². The van der Waals surface area contributed by atoms with Crippen LogP contribution < -0.4 is 0 Å². The van der Waals surface area contributed by atoms with E-state index in [9.17, 15) is 13.6 Å².